The molecule has 10 heteroatoms. The normalized spacial score (nSPS) is 14.8. The van der Waals surface area contributed by atoms with Crippen LogP contribution in [0.4, 0.5) is 13.2 Å². The van der Waals surface area contributed by atoms with Gasteiger partial charge in [0.05, 0.1) is 12.4 Å². The van der Waals surface area contributed by atoms with Crippen LogP contribution >= 0.6 is 0 Å². The second-order valence-electron chi connectivity index (χ2n) is 6.34. The number of halogens is 3. The number of carbonyl (C=O) groups excluding carboxylic acids is 1. The van der Waals surface area contributed by atoms with Gasteiger partial charge in [-0.1, -0.05) is 0 Å². The zero-order valence-corrected chi connectivity index (χ0v) is 13.8. The van der Waals surface area contributed by atoms with Crippen LogP contribution in [0.1, 0.15) is 46.1 Å². The molecule has 3 heterocycles. The number of rotatable bonds is 4. The van der Waals surface area contributed by atoms with Crippen LogP contribution in [0.2, 0.25) is 0 Å². The van der Waals surface area contributed by atoms with Crippen molar-refractivity contribution in [3.05, 3.63) is 47.2 Å². The van der Waals surface area contributed by atoms with E-state index in [4.69, 9.17) is 0 Å². The van der Waals surface area contributed by atoms with Crippen LogP contribution in [-0.2, 0) is 19.8 Å². The van der Waals surface area contributed by atoms with Crippen molar-refractivity contribution in [1.82, 2.24) is 29.7 Å². The highest BCUT2D eigenvalue weighted by atomic mass is 19.4. The van der Waals surface area contributed by atoms with Crippen molar-refractivity contribution < 1.29 is 18.0 Å². The molecule has 3 aromatic rings. The van der Waals surface area contributed by atoms with Crippen LogP contribution in [0.3, 0.4) is 0 Å². The highest BCUT2D eigenvalue weighted by molar-refractivity contribution is 5.99. The van der Waals surface area contributed by atoms with Crippen molar-refractivity contribution >= 4 is 11.6 Å². The van der Waals surface area contributed by atoms with E-state index in [2.05, 4.69) is 20.5 Å². The first kappa shape index (κ1) is 16.6. The number of hydrogen-bond acceptors (Lipinski definition) is 4. The highest BCUT2D eigenvalue weighted by Gasteiger charge is 2.37. The van der Waals surface area contributed by atoms with E-state index in [0.29, 0.717) is 10.2 Å². The number of aryl methyl sites for hydroxylation is 1. The molecule has 0 radical (unpaired) electrons. The molecule has 1 amide bonds. The van der Waals surface area contributed by atoms with Crippen LogP contribution < -0.4 is 5.32 Å². The predicted molar refractivity (Wildman–Crippen MR) is 84.3 cm³/mol. The molecule has 1 aliphatic rings. The Morgan fingerprint density at radius 1 is 1.31 bits per heavy atom. The van der Waals surface area contributed by atoms with Gasteiger partial charge in [0, 0.05) is 37.0 Å². The average molecular weight is 364 g/mol. The minimum absolute atomic E-state index is 0.0156. The van der Waals surface area contributed by atoms with Gasteiger partial charge < -0.3 is 5.32 Å². The summed E-state index contributed by atoms with van der Waals surface area (Å²) in [5, 5.41) is 10.4. The van der Waals surface area contributed by atoms with Crippen LogP contribution in [0.25, 0.3) is 5.65 Å². The maximum atomic E-state index is 13.4. The van der Waals surface area contributed by atoms with Gasteiger partial charge in [0.2, 0.25) is 0 Å². The summed E-state index contributed by atoms with van der Waals surface area (Å²) in [5.74, 6) is -0.514. The Morgan fingerprint density at radius 2 is 2.08 bits per heavy atom. The van der Waals surface area contributed by atoms with E-state index < -0.39 is 17.8 Å². The van der Waals surface area contributed by atoms with Crippen LogP contribution in [0, 0.1) is 0 Å². The molecule has 7 nitrogen and oxygen atoms in total. The van der Waals surface area contributed by atoms with E-state index in [9.17, 15) is 18.0 Å². The summed E-state index contributed by atoms with van der Waals surface area (Å²) in [4.78, 5) is 16.7. The molecule has 0 atom stereocenters. The third kappa shape index (κ3) is 3.02. The molecule has 1 aliphatic carbocycles. The molecular weight excluding hydrogens is 349 g/mol. The molecule has 1 saturated carbocycles. The van der Waals surface area contributed by atoms with Crippen LogP contribution in [0.5, 0.6) is 0 Å². The van der Waals surface area contributed by atoms with Crippen LogP contribution in [0.15, 0.2) is 24.7 Å². The zero-order valence-electron chi connectivity index (χ0n) is 13.8. The van der Waals surface area contributed by atoms with Gasteiger partial charge in [-0.15, -0.1) is 0 Å². The molecule has 4 rings (SSSR count). The fourth-order valence-electron chi connectivity index (χ4n) is 2.77. The molecule has 1 fully saturated rings. The lowest BCUT2D eigenvalue weighted by Gasteiger charge is -2.11. The third-order valence-electron chi connectivity index (χ3n) is 4.23. The van der Waals surface area contributed by atoms with Crippen molar-refractivity contribution in [2.24, 2.45) is 7.05 Å². The largest absolute Gasteiger partial charge is 0.433 e. The van der Waals surface area contributed by atoms with Gasteiger partial charge in [0.15, 0.2) is 5.65 Å². The Hall–Kier alpha value is -2.91. The highest BCUT2D eigenvalue weighted by Crippen LogP contribution is 2.41. The van der Waals surface area contributed by atoms with Gasteiger partial charge in [0.25, 0.3) is 5.91 Å². The number of nitrogens with one attached hydrogen (secondary N) is 1. The monoisotopic (exact) mass is 364 g/mol. The fraction of sp³-hybridized carbons (Fsp3) is 0.375. The van der Waals surface area contributed by atoms with Crippen molar-refractivity contribution in [3.63, 3.8) is 0 Å². The number of alkyl halides is 3. The average Bonchev–Trinajstić information content (AvgIpc) is 3.21. The number of hydrogen-bond donors (Lipinski definition) is 1. The van der Waals surface area contributed by atoms with Gasteiger partial charge in [0.1, 0.15) is 11.3 Å². The summed E-state index contributed by atoms with van der Waals surface area (Å²) in [5.41, 5.74) is 0.148. The molecule has 0 aliphatic heterocycles. The van der Waals surface area contributed by atoms with E-state index in [1.54, 1.807) is 24.1 Å². The second-order valence-corrected chi connectivity index (χ2v) is 6.34. The van der Waals surface area contributed by atoms with Gasteiger partial charge in [-0.2, -0.15) is 23.4 Å². The Morgan fingerprint density at radius 3 is 2.69 bits per heavy atom. The summed E-state index contributed by atoms with van der Waals surface area (Å²) in [6.45, 7) is 0.207. The summed E-state index contributed by atoms with van der Waals surface area (Å²) >= 11 is 0. The molecular formula is C16H15F3N6O. The third-order valence-corrected chi connectivity index (χ3v) is 4.23. The summed E-state index contributed by atoms with van der Waals surface area (Å²) in [7, 11) is 1.75. The lowest BCUT2D eigenvalue weighted by Crippen LogP contribution is -2.23. The fourth-order valence-corrected chi connectivity index (χ4v) is 2.77. The van der Waals surface area contributed by atoms with Gasteiger partial charge >= 0.3 is 6.18 Å². The molecule has 0 bridgehead atoms. The maximum absolute atomic E-state index is 13.4. The minimum Gasteiger partial charge on any atom is -0.348 e. The first-order valence-corrected chi connectivity index (χ1v) is 8.04. The topological polar surface area (TPSA) is 77.1 Å². The van der Waals surface area contributed by atoms with Gasteiger partial charge in [-0.05, 0) is 18.9 Å². The van der Waals surface area contributed by atoms with E-state index >= 15 is 0 Å². The van der Waals surface area contributed by atoms with Crippen molar-refractivity contribution in [3.8, 4) is 0 Å². The summed E-state index contributed by atoms with van der Waals surface area (Å²) in [6.07, 6.45) is 1.48. The number of nitrogens with zero attached hydrogens (tertiary/aromatic N) is 5. The second kappa shape index (κ2) is 5.82. The Balaban J connectivity index is 1.68. The molecule has 3 aromatic heterocycles. The van der Waals surface area contributed by atoms with Crippen molar-refractivity contribution in [2.45, 2.75) is 31.5 Å². The quantitative estimate of drug-likeness (QED) is 0.771. The Labute approximate surface area is 145 Å². The first-order valence-electron chi connectivity index (χ1n) is 8.04. The van der Waals surface area contributed by atoms with E-state index in [1.807, 2.05) is 0 Å². The Bertz CT molecular complexity index is 986. The Kier molecular flexibility index (Phi) is 3.70. The molecule has 0 spiro atoms. The summed E-state index contributed by atoms with van der Waals surface area (Å²) in [6, 6.07) is 1.02. The number of amides is 1. The summed E-state index contributed by atoms with van der Waals surface area (Å²) < 4.78 is 42.4. The number of fused-ring (bicyclic) bond motifs is 1. The zero-order chi connectivity index (χ0) is 18.5. The van der Waals surface area contributed by atoms with Crippen LogP contribution in [-0.4, -0.2) is 30.3 Å². The van der Waals surface area contributed by atoms with Gasteiger partial charge in [-0.25, -0.2) is 9.50 Å². The number of carbonyl (C=O) groups is 1. The van der Waals surface area contributed by atoms with Gasteiger partial charge in [-0.3, -0.25) is 9.48 Å². The molecule has 0 saturated heterocycles. The predicted octanol–water partition coefficient (Wildman–Crippen LogP) is 2.29. The smallest absolute Gasteiger partial charge is 0.348 e. The standard InChI is InChI=1S/C16H15F3N6O/c1-24-8-9(6-21-24)5-20-15(26)11-7-22-25-13(16(17,18)19)4-12(10-2-3-10)23-14(11)25/h4,6-8,10H,2-3,5H2,1H3,(H,20,26). The minimum atomic E-state index is -4.58. The molecule has 1 N–H and O–H groups in total. The van der Waals surface area contributed by atoms with E-state index in [-0.39, 0.29) is 23.7 Å². The van der Waals surface area contributed by atoms with Crippen molar-refractivity contribution in [1.29, 1.82) is 0 Å². The van der Waals surface area contributed by atoms with E-state index in [1.165, 1.54) is 0 Å². The van der Waals surface area contributed by atoms with Crippen molar-refractivity contribution in [2.75, 3.05) is 0 Å². The lowest BCUT2D eigenvalue weighted by atomic mass is 10.2. The maximum Gasteiger partial charge on any atom is 0.433 e. The first-order chi connectivity index (χ1) is 12.3. The molecule has 0 aromatic carbocycles. The number of aromatic nitrogens is 5. The lowest BCUT2D eigenvalue weighted by molar-refractivity contribution is -0.142. The molecule has 136 valence electrons. The SMILES string of the molecule is Cn1cc(CNC(=O)c2cnn3c(C(F)(F)F)cc(C4CC4)nc23)cn1. The van der Waals surface area contributed by atoms with E-state index in [0.717, 1.165) is 30.7 Å². The molecule has 0 unspecified atom stereocenters. The molecule has 26 heavy (non-hydrogen) atoms.